The molecule has 3 rings (SSSR count). The summed E-state index contributed by atoms with van der Waals surface area (Å²) in [4.78, 5) is 32.8. The number of benzene rings is 1. The highest BCUT2D eigenvalue weighted by Gasteiger charge is 2.09. The lowest BCUT2D eigenvalue weighted by Gasteiger charge is -2.12. The Labute approximate surface area is 189 Å². The molecule has 4 N–H and O–H groups in total. The van der Waals surface area contributed by atoms with E-state index in [0.29, 0.717) is 52.9 Å². The van der Waals surface area contributed by atoms with E-state index in [0.717, 1.165) is 5.56 Å². The molecule has 3 aromatic rings. The summed E-state index contributed by atoms with van der Waals surface area (Å²) in [7, 11) is 0. The number of thiophene rings is 1. The summed E-state index contributed by atoms with van der Waals surface area (Å²) in [5.74, 6) is 1.60. The predicted molar refractivity (Wildman–Crippen MR) is 125 cm³/mol. The molecule has 0 spiro atoms. The normalized spacial score (nSPS) is 10.4. The standard InChI is InChI=1S/C21H23ClN6O2S/c1-14(29)23-9-10-24-18-13-19(28-20(27-18)15-5-3-2-4-6-15)25-11-12-26-21(30)16-7-8-17(22)31-16/h2-8,13H,9-12H2,1H3,(H,23,29)(H,26,30)(H2,24,25,27,28). The zero-order valence-electron chi connectivity index (χ0n) is 16.9. The van der Waals surface area contributed by atoms with Crippen molar-refractivity contribution in [3.8, 4) is 11.4 Å². The molecule has 0 aliphatic heterocycles. The van der Waals surface area contributed by atoms with Crippen LogP contribution in [0.3, 0.4) is 0 Å². The number of nitrogens with zero attached hydrogens (tertiary/aromatic N) is 2. The smallest absolute Gasteiger partial charge is 0.261 e. The van der Waals surface area contributed by atoms with Crippen molar-refractivity contribution in [2.45, 2.75) is 6.92 Å². The third-order valence-electron chi connectivity index (χ3n) is 4.08. The molecule has 0 bridgehead atoms. The molecular weight excluding hydrogens is 436 g/mol. The van der Waals surface area contributed by atoms with Gasteiger partial charge in [-0.1, -0.05) is 41.9 Å². The number of amides is 2. The summed E-state index contributed by atoms with van der Waals surface area (Å²) in [5, 5.41) is 12.0. The maximum absolute atomic E-state index is 12.1. The van der Waals surface area contributed by atoms with Crippen LogP contribution < -0.4 is 21.3 Å². The van der Waals surface area contributed by atoms with Gasteiger partial charge < -0.3 is 21.3 Å². The predicted octanol–water partition coefficient (Wildman–Crippen LogP) is 3.25. The van der Waals surface area contributed by atoms with Gasteiger partial charge in [-0.05, 0) is 12.1 Å². The van der Waals surface area contributed by atoms with Crippen molar-refractivity contribution in [3.05, 3.63) is 57.7 Å². The van der Waals surface area contributed by atoms with E-state index < -0.39 is 0 Å². The third-order valence-corrected chi connectivity index (χ3v) is 5.31. The van der Waals surface area contributed by atoms with E-state index in [4.69, 9.17) is 11.6 Å². The van der Waals surface area contributed by atoms with Gasteiger partial charge in [0.25, 0.3) is 5.91 Å². The van der Waals surface area contributed by atoms with Crippen LogP contribution in [0, 0.1) is 0 Å². The molecule has 2 amide bonds. The molecule has 10 heteroatoms. The zero-order valence-corrected chi connectivity index (χ0v) is 18.5. The fourth-order valence-electron chi connectivity index (χ4n) is 2.66. The van der Waals surface area contributed by atoms with E-state index in [9.17, 15) is 9.59 Å². The van der Waals surface area contributed by atoms with Gasteiger partial charge in [0.2, 0.25) is 5.91 Å². The van der Waals surface area contributed by atoms with Gasteiger partial charge in [-0.2, -0.15) is 0 Å². The van der Waals surface area contributed by atoms with Crippen LogP contribution in [0.4, 0.5) is 11.6 Å². The lowest BCUT2D eigenvalue weighted by atomic mass is 10.2. The SMILES string of the molecule is CC(=O)NCCNc1cc(NCCNC(=O)c2ccc(Cl)s2)nc(-c2ccccc2)n1. The average Bonchev–Trinajstić information content (AvgIpc) is 3.21. The van der Waals surface area contributed by atoms with Crippen LogP contribution in [0.1, 0.15) is 16.6 Å². The summed E-state index contributed by atoms with van der Waals surface area (Å²) in [6, 6.07) is 14.9. The minimum atomic E-state index is -0.160. The number of rotatable bonds is 10. The van der Waals surface area contributed by atoms with E-state index in [1.54, 1.807) is 18.2 Å². The van der Waals surface area contributed by atoms with Gasteiger partial charge in [0.05, 0.1) is 9.21 Å². The fraction of sp³-hybridized carbons (Fsp3) is 0.238. The molecule has 162 valence electrons. The number of hydrogen-bond acceptors (Lipinski definition) is 7. The number of carbonyl (C=O) groups excluding carboxylic acids is 2. The van der Waals surface area contributed by atoms with Crippen molar-refractivity contribution in [2.75, 3.05) is 36.8 Å². The first-order valence-corrected chi connectivity index (χ1v) is 10.9. The Balaban J connectivity index is 1.61. The molecule has 0 saturated heterocycles. The molecule has 1 aromatic carbocycles. The number of halogens is 1. The molecule has 0 unspecified atom stereocenters. The largest absolute Gasteiger partial charge is 0.368 e. The van der Waals surface area contributed by atoms with Gasteiger partial charge in [0.15, 0.2) is 5.82 Å². The van der Waals surface area contributed by atoms with Crippen LogP contribution in [0.15, 0.2) is 48.5 Å². The highest BCUT2D eigenvalue weighted by atomic mass is 35.5. The van der Waals surface area contributed by atoms with Crippen LogP contribution in [0.2, 0.25) is 4.34 Å². The van der Waals surface area contributed by atoms with Gasteiger partial charge >= 0.3 is 0 Å². The van der Waals surface area contributed by atoms with Gasteiger partial charge in [-0.3, -0.25) is 9.59 Å². The van der Waals surface area contributed by atoms with Crippen molar-refractivity contribution in [2.24, 2.45) is 0 Å². The molecule has 8 nitrogen and oxygen atoms in total. The first-order chi connectivity index (χ1) is 15.0. The highest BCUT2D eigenvalue weighted by Crippen LogP contribution is 2.21. The van der Waals surface area contributed by atoms with E-state index in [1.807, 2.05) is 30.3 Å². The number of aromatic nitrogens is 2. The maximum Gasteiger partial charge on any atom is 0.261 e. The number of hydrogen-bond donors (Lipinski definition) is 4. The van der Waals surface area contributed by atoms with Crippen molar-refractivity contribution in [1.29, 1.82) is 0 Å². The summed E-state index contributed by atoms with van der Waals surface area (Å²) in [5.41, 5.74) is 0.888. The molecule has 0 aliphatic carbocycles. The summed E-state index contributed by atoms with van der Waals surface area (Å²) < 4.78 is 0.580. The molecular formula is C21H23ClN6O2S. The Morgan fingerprint density at radius 2 is 1.55 bits per heavy atom. The van der Waals surface area contributed by atoms with Crippen molar-refractivity contribution in [1.82, 2.24) is 20.6 Å². The average molecular weight is 459 g/mol. The summed E-state index contributed by atoms with van der Waals surface area (Å²) in [6.45, 7) is 3.41. The lowest BCUT2D eigenvalue weighted by Crippen LogP contribution is -2.28. The minimum absolute atomic E-state index is 0.0799. The first-order valence-electron chi connectivity index (χ1n) is 9.71. The van der Waals surface area contributed by atoms with E-state index >= 15 is 0 Å². The fourth-order valence-corrected chi connectivity index (χ4v) is 3.62. The molecule has 2 aromatic heterocycles. The first kappa shape index (κ1) is 22.5. The van der Waals surface area contributed by atoms with Crippen LogP contribution in [0.5, 0.6) is 0 Å². The Bertz CT molecular complexity index is 1030. The van der Waals surface area contributed by atoms with Crippen molar-refractivity contribution >= 4 is 46.4 Å². The van der Waals surface area contributed by atoms with Crippen LogP contribution >= 0.6 is 22.9 Å². The second-order valence-electron chi connectivity index (χ2n) is 6.52. The van der Waals surface area contributed by atoms with Crippen molar-refractivity contribution in [3.63, 3.8) is 0 Å². The second kappa shape index (κ2) is 11.3. The van der Waals surface area contributed by atoms with Crippen molar-refractivity contribution < 1.29 is 9.59 Å². The number of nitrogens with one attached hydrogen (secondary N) is 4. The molecule has 0 aliphatic rings. The molecule has 0 saturated carbocycles. The lowest BCUT2D eigenvalue weighted by molar-refractivity contribution is -0.118. The number of carbonyl (C=O) groups is 2. The van der Waals surface area contributed by atoms with Gasteiger partial charge in [-0.15, -0.1) is 11.3 Å². The van der Waals surface area contributed by atoms with Crippen LogP contribution in [-0.2, 0) is 4.79 Å². The topological polar surface area (TPSA) is 108 Å². The highest BCUT2D eigenvalue weighted by molar-refractivity contribution is 7.17. The third kappa shape index (κ3) is 7.23. The minimum Gasteiger partial charge on any atom is -0.368 e. The Kier molecular flexibility index (Phi) is 8.19. The van der Waals surface area contributed by atoms with Crippen LogP contribution in [-0.4, -0.2) is 48.0 Å². The quantitative estimate of drug-likeness (QED) is 0.347. The second-order valence-corrected chi connectivity index (χ2v) is 8.24. The van der Waals surface area contributed by atoms with E-state index in [-0.39, 0.29) is 11.8 Å². The molecule has 31 heavy (non-hydrogen) atoms. The van der Waals surface area contributed by atoms with E-state index in [2.05, 4.69) is 31.2 Å². The van der Waals surface area contributed by atoms with Gasteiger partial charge in [0, 0.05) is 44.7 Å². The van der Waals surface area contributed by atoms with Crippen LogP contribution in [0.25, 0.3) is 11.4 Å². The van der Waals surface area contributed by atoms with Gasteiger partial charge in [0.1, 0.15) is 11.6 Å². The monoisotopic (exact) mass is 458 g/mol. The molecule has 0 fully saturated rings. The summed E-state index contributed by atoms with van der Waals surface area (Å²) >= 11 is 7.11. The Hall–Kier alpha value is -3.17. The molecule has 2 heterocycles. The van der Waals surface area contributed by atoms with Gasteiger partial charge in [-0.25, -0.2) is 9.97 Å². The Morgan fingerprint density at radius 1 is 0.903 bits per heavy atom. The van der Waals surface area contributed by atoms with E-state index in [1.165, 1.54) is 18.3 Å². The zero-order chi connectivity index (χ0) is 22.1. The Morgan fingerprint density at radius 3 is 2.13 bits per heavy atom. The molecule has 0 atom stereocenters. The number of anilines is 2. The maximum atomic E-state index is 12.1. The summed E-state index contributed by atoms with van der Waals surface area (Å²) in [6.07, 6.45) is 0. The molecule has 0 radical (unpaired) electrons.